The molecule has 0 aliphatic carbocycles. The number of anilines is 2. The van der Waals surface area contributed by atoms with Crippen LogP contribution in [-0.2, 0) is 0 Å². The number of aromatic nitrogens is 2. The Labute approximate surface area is 164 Å². The number of hydrogen-bond donors (Lipinski definition) is 1. The smallest absolute Gasteiger partial charge is 0.228 e. The van der Waals surface area contributed by atoms with Crippen LogP contribution in [0.5, 0.6) is 0 Å². The van der Waals surface area contributed by atoms with Gasteiger partial charge < -0.3 is 20.0 Å². The fourth-order valence-electron chi connectivity index (χ4n) is 3.75. The Kier molecular flexibility index (Phi) is 4.86. The predicted octanol–water partition coefficient (Wildman–Crippen LogP) is 2.36. The number of hydrogen-bond acceptors (Lipinski definition) is 6. The van der Waals surface area contributed by atoms with Crippen LogP contribution >= 0.6 is 11.6 Å². The average Bonchev–Trinajstić information content (AvgIpc) is 2.55. The molecule has 0 saturated carbocycles. The van der Waals surface area contributed by atoms with Crippen LogP contribution in [0.3, 0.4) is 0 Å². The Hall–Kier alpha value is -1.70. The van der Waals surface area contributed by atoms with Gasteiger partial charge in [0, 0.05) is 54.7 Å². The maximum absolute atomic E-state index is 14.7. The van der Waals surface area contributed by atoms with Gasteiger partial charge in [-0.25, -0.2) is 9.37 Å². The Morgan fingerprint density at radius 2 is 1.93 bits per heavy atom. The van der Waals surface area contributed by atoms with Gasteiger partial charge in [0.1, 0.15) is 11.3 Å². The lowest BCUT2D eigenvalue weighted by Crippen LogP contribution is -2.58. The molecule has 2 aromatic rings. The first-order chi connectivity index (χ1) is 12.8. The Morgan fingerprint density at radius 1 is 1.19 bits per heavy atom. The predicted molar refractivity (Wildman–Crippen MR) is 108 cm³/mol. The van der Waals surface area contributed by atoms with Crippen molar-refractivity contribution in [2.45, 2.75) is 32.0 Å². The van der Waals surface area contributed by atoms with E-state index in [0.717, 1.165) is 32.0 Å². The highest BCUT2D eigenvalue weighted by molar-refractivity contribution is 6.31. The Balaban J connectivity index is 1.80. The monoisotopic (exact) mass is 392 g/mol. The molecule has 146 valence electrons. The molecule has 0 amide bonds. The van der Waals surface area contributed by atoms with E-state index in [0.29, 0.717) is 34.0 Å². The van der Waals surface area contributed by atoms with E-state index in [1.165, 1.54) is 6.07 Å². The van der Waals surface area contributed by atoms with Crippen LogP contribution in [0.2, 0.25) is 5.02 Å². The third-order valence-corrected chi connectivity index (χ3v) is 5.82. The van der Waals surface area contributed by atoms with Gasteiger partial charge in [0.05, 0.1) is 0 Å². The van der Waals surface area contributed by atoms with Gasteiger partial charge in [-0.1, -0.05) is 11.6 Å². The highest BCUT2D eigenvalue weighted by atomic mass is 35.5. The van der Waals surface area contributed by atoms with Gasteiger partial charge in [-0.3, -0.25) is 0 Å². The van der Waals surface area contributed by atoms with E-state index in [4.69, 9.17) is 16.6 Å². The number of halogens is 2. The minimum absolute atomic E-state index is 0.250. The fourth-order valence-corrected chi connectivity index (χ4v) is 3.96. The molecule has 6 nitrogen and oxygen atoms in total. The third-order valence-electron chi connectivity index (χ3n) is 5.60. The lowest BCUT2D eigenvalue weighted by atomic mass is 10.1. The summed E-state index contributed by atoms with van der Waals surface area (Å²) in [5.41, 5.74) is 0.339. The summed E-state index contributed by atoms with van der Waals surface area (Å²) in [6, 6.07) is 4.16. The first-order valence-corrected chi connectivity index (χ1v) is 9.79. The summed E-state index contributed by atoms with van der Waals surface area (Å²) < 4.78 is 14.7. The zero-order valence-corrected chi connectivity index (χ0v) is 17.0. The second-order valence-corrected chi connectivity index (χ2v) is 8.40. The van der Waals surface area contributed by atoms with Crippen molar-refractivity contribution in [1.29, 1.82) is 0 Å². The first kappa shape index (κ1) is 18.7. The second-order valence-electron chi connectivity index (χ2n) is 7.96. The van der Waals surface area contributed by atoms with E-state index in [-0.39, 0.29) is 6.04 Å². The van der Waals surface area contributed by atoms with Gasteiger partial charge in [0.25, 0.3) is 0 Å². The van der Waals surface area contributed by atoms with Crippen LogP contribution in [0.25, 0.3) is 10.9 Å². The first-order valence-electron chi connectivity index (χ1n) is 9.41. The van der Waals surface area contributed by atoms with Crippen molar-refractivity contribution in [1.82, 2.24) is 20.2 Å². The van der Waals surface area contributed by atoms with E-state index < -0.39 is 5.82 Å². The van der Waals surface area contributed by atoms with Crippen LogP contribution in [0.4, 0.5) is 16.2 Å². The summed E-state index contributed by atoms with van der Waals surface area (Å²) in [5, 5.41) is 4.52. The van der Waals surface area contributed by atoms with Crippen LogP contribution in [0, 0.1) is 5.82 Å². The van der Waals surface area contributed by atoms with E-state index in [1.807, 2.05) is 0 Å². The van der Waals surface area contributed by atoms with Crippen molar-refractivity contribution in [3.05, 3.63) is 23.0 Å². The van der Waals surface area contributed by atoms with Crippen molar-refractivity contribution < 1.29 is 4.39 Å². The van der Waals surface area contributed by atoms with Crippen molar-refractivity contribution in [2.24, 2.45) is 0 Å². The molecule has 1 N–H and O–H groups in total. The summed E-state index contributed by atoms with van der Waals surface area (Å²) in [7, 11) is 4.14. The van der Waals surface area contributed by atoms with Crippen LogP contribution in [0.15, 0.2) is 12.1 Å². The number of rotatable bonds is 3. The molecule has 2 aliphatic heterocycles. The van der Waals surface area contributed by atoms with Crippen LogP contribution in [0.1, 0.15) is 13.8 Å². The number of nitrogens with zero attached hydrogens (tertiary/aromatic N) is 5. The third kappa shape index (κ3) is 3.44. The molecule has 1 aromatic heterocycles. The summed E-state index contributed by atoms with van der Waals surface area (Å²) in [5.74, 6) is 0.962. The van der Waals surface area contributed by atoms with Gasteiger partial charge in [-0.2, -0.15) is 4.98 Å². The number of nitrogens with one attached hydrogen (secondary N) is 1. The van der Waals surface area contributed by atoms with Gasteiger partial charge in [0.2, 0.25) is 5.95 Å². The molecule has 3 heterocycles. The van der Waals surface area contributed by atoms with E-state index >= 15 is 0 Å². The lowest BCUT2D eigenvalue weighted by Gasteiger charge is -2.43. The highest BCUT2D eigenvalue weighted by Gasteiger charge is 2.32. The van der Waals surface area contributed by atoms with Crippen molar-refractivity contribution in [2.75, 3.05) is 50.1 Å². The van der Waals surface area contributed by atoms with E-state index in [2.05, 4.69) is 52.9 Å². The normalized spacial score (nSPS) is 24.0. The van der Waals surface area contributed by atoms with E-state index in [1.54, 1.807) is 6.07 Å². The van der Waals surface area contributed by atoms with Gasteiger partial charge in [-0.15, -0.1) is 0 Å². The summed E-state index contributed by atoms with van der Waals surface area (Å²) >= 11 is 6.15. The molecule has 1 aromatic carbocycles. The number of likely N-dealkylation sites (N-methyl/N-ethyl adjacent to an activating group) is 1. The minimum Gasteiger partial charge on any atom is -0.350 e. The molecule has 2 saturated heterocycles. The van der Waals surface area contributed by atoms with Crippen LogP contribution in [-0.4, -0.2) is 73.3 Å². The largest absolute Gasteiger partial charge is 0.350 e. The molecule has 8 heteroatoms. The fraction of sp³-hybridized carbons (Fsp3) is 0.579. The SMILES string of the molecule is C[C@@H]1CN(c2nc(N3CC(N(C)C)C3)nc3c(F)cc(Cl)cc23)[C@@H](C)CN1. The molecule has 0 unspecified atom stereocenters. The summed E-state index contributed by atoms with van der Waals surface area (Å²) in [6.45, 7) is 7.66. The Bertz CT molecular complexity index is 854. The maximum Gasteiger partial charge on any atom is 0.228 e. The standard InChI is InChI=1S/C19H26ClFN6/c1-11-8-27(12(2)7-22-11)18-15-5-13(20)6-16(21)17(15)23-19(24-18)26-9-14(10-26)25(3)4/h5-6,11-12,14,22H,7-10H2,1-4H3/t11-,12+/m1/s1. The molecule has 0 radical (unpaired) electrons. The molecule has 2 aliphatic rings. The molecule has 2 atom stereocenters. The van der Waals surface area contributed by atoms with E-state index in [9.17, 15) is 4.39 Å². The second kappa shape index (κ2) is 7.04. The zero-order chi connectivity index (χ0) is 19.3. The molecular formula is C19H26ClFN6. The topological polar surface area (TPSA) is 47.5 Å². The molecule has 2 fully saturated rings. The van der Waals surface area contributed by atoms with Gasteiger partial charge >= 0.3 is 0 Å². The minimum atomic E-state index is -0.400. The van der Waals surface area contributed by atoms with Crippen molar-refractivity contribution in [3.8, 4) is 0 Å². The Morgan fingerprint density at radius 3 is 2.63 bits per heavy atom. The maximum atomic E-state index is 14.7. The molecule has 27 heavy (non-hydrogen) atoms. The molecule has 4 rings (SSSR count). The molecular weight excluding hydrogens is 367 g/mol. The lowest BCUT2D eigenvalue weighted by molar-refractivity contribution is 0.245. The molecule has 0 bridgehead atoms. The highest BCUT2D eigenvalue weighted by Crippen LogP contribution is 2.33. The number of benzene rings is 1. The molecule has 0 spiro atoms. The summed E-state index contributed by atoms with van der Waals surface area (Å²) in [6.07, 6.45) is 0. The van der Waals surface area contributed by atoms with Crippen molar-refractivity contribution >= 4 is 34.3 Å². The quantitative estimate of drug-likeness (QED) is 0.865. The summed E-state index contributed by atoms with van der Waals surface area (Å²) in [4.78, 5) is 16.0. The zero-order valence-electron chi connectivity index (χ0n) is 16.2. The van der Waals surface area contributed by atoms with Gasteiger partial charge in [0.15, 0.2) is 5.82 Å². The van der Waals surface area contributed by atoms with Crippen LogP contribution < -0.4 is 15.1 Å². The number of fused-ring (bicyclic) bond motifs is 1. The number of piperazine rings is 1. The van der Waals surface area contributed by atoms with Crippen molar-refractivity contribution in [3.63, 3.8) is 0 Å². The van der Waals surface area contributed by atoms with Gasteiger partial charge in [-0.05, 0) is 40.1 Å². The average molecular weight is 393 g/mol.